The molecule has 3 N–H and O–H groups in total. The molecule has 0 saturated heterocycles. The van der Waals surface area contributed by atoms with Crippen LogP contribution >= 0.6 is 11.6 Å². The lowest BCUT2D eigenvalue weighted by Crippen LogP contribution is -2.08. The minimum absolute atomic E-state index is 0.0123. The highest BCUT2D eigenvalue weighted by molar-refractivity contribution is 6.31. The van der Waals surface area contributed by atoms with Crippen molar-refractivity contribution in [2.24, 2.45) is 0 Å². The van der Waals surface area contributed by atoms with E-state index >= 15 is 0 Å². The third kappa shape index (κ3) is 2.30. The molecule has 1 aromatic carbocycles. The van der Waals surface area contributed by atoms with Gasteiger partial charge in [0.2, 0.25) is 0 Å². The molecule has 0 aliphatic heterocycles. The fraction of sp³-hybridized carbons (Fsp3) is 0.154. The summed E-state index contributed by atoms with van der Waals surface area (Å²) in [6.45, 7) is 1.81. The highest BCUT2D eigenvalue weighted by Gasteiger charge is 2.21. The summed E-state index contributed by atoms with van der Waals surface area (Å²) in [4.78, 5) is 3.94. The van der Waals surface area contributed by atoms with Crippen molar-refractivity contribution in [3.8, 4) is 0 Å². The highest BCUT2D eigenvalue weighted by Crippen LogP contribution is 2.32. The second kappa shape index (κ2) is 4.92. The van der Waals surface area contributed by atoms with E-state index in [0.717, 1.165) is 5.56 Å². The Morgan fingerprint density at radius 2 is 2.17 bits per heavy atom. The lowest BCUT2D eigenvalue weighted by atomic mass is 10.0. The predicted molar refractivity (Wildman–Crippen MR) is 68.9 cm³/mol. The number of hydrogen-bond acceptors (Lipinski definition) is 3. The molecule has 0 bridgehead atoms. The molecule has 1 heterocycles. The van der Waals surface area contributed by atoms with Crippen molar-refractivity contribution in [1.29, 1.82) is 0 Å². The molecule has 0 radical (unpaired) electrons. The van der Waals surface area contributed by atoms with E-state index < -0.39 is 11.9 Å². The first-order chi connectivity index (χ1) is 8.50. The van der Waals surface area contributed by atoms with Gasteiger partial charge in [0.15, 0.2) is 0 Å². The quantitative estimate of drug-likeness (QED) is 0.879. The van der Waals surface area contributed by atoms with E-state index in [1.54, 1.807) is 12.3 Å². The monoisotopic (exact) mass is 266 g/mol. The summed E-state index contributed by atoms with van der Waals surface area (Å²) >= 11 is 5.91. The first-order valence-electron chi connectivity index (χ1n) is 5.34. The maximum absolute atomic E-state index is 13.7. The highest BCUT2D eigenvalue weighted by atomic mass is 35.5. The largest absolute Gasteiger partial charge is 0.383 e. The molecule has 0 aliphatic carbocycles. The molecular weight excluding hydrogens is 255 g/mol. The molecule has 2 aromatic rings. The fourth-order valence-corrected chi connectivity index (χ4v) is 2.02. The van der Waals surface area contributed by atoms with Crippen LogP contribution in [0.25, 0.3) is 0 Å². The molecule has 3 nitrogen and oxygen atoms in total. The van der Waals surface area contributed by atoms with E-state index in [2.05, 4.69) is 4.98 Å². The van der Waals surface area contributed by atoms with E-state index in [-0.39, 0.29) is 16.4 Å². The van der Waals surface area contributed by atoms with Gasteiger partial charge in [-0.1, -0.05) is 17.7 Å². The zero-order valence-corrected chi connectivity index (χ0v) is 10.4. The number of hydrogen-bond donors (Lipinski definition) is 2. The maximum atomic E-state index is 13.7. The fourth-order valence-electron chi connectivity index (χ4n) is 1.75. The molecule has 94 valence electrons. The average Bonchev–Trinajstić information content (AvgIpc) is 2.32. The van der Waals surface area contributed by atoms with Gasteiger partial charge in [-0.15, -0.1) is 0 Å². The van der Waals surface area contributed by atoms with Crippen LogP contribution in [-0.2, 0) is 0 Å². The SMILES string of the molecule is Cc1cnc(N)c(C(O)c2c(F)cccc2Cl)c1. The van der Waals surface area contributed by atoms with Gasteiger partial charge in [-0.25, -0.2) is 9.37 Å². The first-order valence-corrected chi connectivity index (χ1v) is 5.72. The molecule has 0 amide bonds. The van der Waals surface area contributed by atoms with Gasteiger partial charge in [0.25, 0.3) is 0 Å². The number of nitrogens with zero attached hydrogens (tertiary/aromatic N) is 1. The smallest absolute Gasteiger partial charge is 0.130 e. The summed E-state index contributed by atoms with van der Waals surface area (Å²) in [5, 5.41) is 10.4. The number of aromatic nitrogens is 1. The number of anilines is 1. The summed E-state index contributed by atoms with van der Waals surface area (Å²) in [6.07, 6.45) is 0.347. The molecule has 0 spiro atoms. The van der Waals surface area contributed by atoms with Crippen molar-refractivity contribution in [2.45, 2.75) is 13.0 Å². The molecule has 0 saturated carbocycles. The molecule has 1 atom stereocenters. The first kappa shape index (κ1) is 12.8. The van der Waals surface area contributed by atoms with Crippen molar-refractivity contribution in [2.75, 3.05) is 5.73 Å². The van der Waals surface area contributed by atoms with Crippen LogP contribution in [0.2, 0.25) is 5.02 Å². The van der Waals surface area contributed by atoms with Crippen molar-refractivity contribution in [3.05, 3.63) is 58.0 Å². The molecule has 18 heavy (non-hydrogen) atoms. The topological polar surface area (TPSA) is 59.1 Å². The van der Waals surface area contributed by atoms with Crippen LogP contribution in [0.4, 0.5) is 10.2 Å². The Balaban J connectivity index is 2.54. The van der Waals surface area contributed by atoms with Gasteiger partial charge in [-0.05, 0) is 30.7 Å². The Kier molecular flexibility index (Phi) is 3.50. The van der Waals surface area contributed by atoms with Crippen molar-refractivity contribution in [3.63, 3.8) is 0 Å². The lowest BCUT2D eigenvalue weighted by molar-refractivity contribution is 0.215. The van der Waals surface area contributed by atoms with Gasteiger partial charge in [-0.2, -0.15) is 0 Å². The molecule has 2 rings (SSSR count). The minimum atomic E-state index is -1.23. The summed E-state index contributed by atoms with van der Waals surface area (Å²) in [5.74, 6) is -0.414. The van der Waals surface area contributed by atoms with Gasteiger partial charge in [0.05, 0.1) is 0 Å². The van der Waals surface area contributed by atoms with Crippen LogP contribution in [-0.4, -0.2) is 10.1 Å². The Morgan fingerprint density at radius 1 is 1.44 bits per heavy atom. The number of aliphatic hydroxyl groups excluding tert-OH is 1. The van der Waals surface area contributed by atoms with Crippen LogP contribution in [0.15, 0.2) is 30.5 Å². The van der Waals surface area contributed by atoms with Gasteiger partial charge in [0.1, 0.15) is 17.7 Å². The second-order valence-corrected chi connectivity index (χ2v) is 4.43. The van der Waals surface area contributed by atoms with Crippen LogP contribution < -0.4 is 5.73 Å². The van der Waals surface area contributed by atoms with E-state index in [1.807, 2.05) is 6.92 Å². The summed E-state index contributed by atoms with van der Waals surface area (Å²) in [6, 6.07) is 5.90. The molecule has 0 fully saturated rings. The zero-order chi connectivity index (χ0) is 13.3. The van der Waals surface area contributed by atoms with Gasteiger partial charge in [-0.3, -0.25) is 0 Å². The number of benzene rings is 1. The normalized spacial score (nSPS) is 12.4. The van der Waals surface area contributed by atoms with Crippen LogP contribution in [0.5, 0.6) is 0 Å². The van der Waals surface area contributed by atoms with Gasteiger partial charge < -0.3 is 10.8 Å². The molecule has 1 aromatic heterocycles. The predicted octanol–water partition coefficient (Wildman–Crippen LogP) is 2.85. The third-order valence-corrected chi connectivity index (χ3v) is 2.98. The second-order valence-electron chi connectivity index (χ2n) is 4.03. The molecule has 5 heteroatoms. The number of pyridine rings is 1. The average molecular weight is 267 g/mol. The Morgan fingerprint density at radius 3 is 2.83 bits per heavy atom. The van der Waals surface area contributed by atoms with Gasteiger partial charge in [0, 0.05) is 22.3 Å². The van der Waals surface area contributed by atoms with Crippen LogP contribution in [0.1, 0.15) is 22.8 Å². The minimum Gasteiger partial charge on any atom is -0.383 e. The Hall–Kier alpha value is -1.65. The number of halogens is 2. The standard InChI is InChI=1S/C13H12ClFN2O/c1-7-5-8(13(16)17-6-7)12(18)11-9(14)3-2-4-10(11)15/h2-6,12,18H,1H3,(H2,16,17). The number of nitrogens with two attached hydrogens (primary N) is 1. The number of rotatable bonds is 2. The van der Waals surface area contributed by atoms with E-state index in [4.69, 9.17) is 17.3 Å². The molecule has 1 unspecified atom stereocenters. The van der Waals surface area contributed by atoms with E-state index in [0.29, 0.717) is 5.56 Å². The van der Waals surface area contributed by atoms with Crippen molar-refractivity contribution < 1.29 is 9.50 Å². The summed E-state index contributed by atoms with van der Waals surface area (Å²) in [5.41, 5.74) is 6.88. The van der Waals surface area contributed by atoms with Crippen molar-refractivity contribution >= 4 is 17.4 Å². The van der Waals surface area contributed by atoms with Crippen LogP contribution in [0.3, 0.4) is 0 Å². The van der Waals surface area contributed by atoms with Gasteiger partial charge >= 0.3 is 0 Å². The summed E-state index contributed by atoms with van der Waals surface area (Å²) < 4.78 is 13.7. The third-order valence-electron chi connectivity index (χ3n) is 2.65. The van der Waals surface area contributed by atoms with E-state index in [9.17, 15) is 9.50 Å². The Labute approximate surface area is 109 Å². The van der Waals surface area contributed by atoms with Crippen molar-refractivity contribution in [1.82, 2.24) is 4.98 Å². The number of nitrogen functional groups attached to an aromatic ring is 1. The van der Waals surface area contributed by atoms with Crippen LogP contribution in [0, 0.1) is 12.7 Å². The molecular formula is C13H12ClFN2O. The maximum Gasteiger partial charge on any atom is 0.130 e. The Bertz CT molecular complexity index is 569. The zero-order valence-electron chi connectivity index (χ0n) is 9.69. The number of aliphatic hydroxyl groups is 1. The lowest BCUT2D eigenvalue weighted by Gasteiger charge is -2.15. The molecule has 0 aliphatic rings. The summed E-state index contributed by atoms with van der Waals surface area (Å²) in [7, 11) is 0. The van der Waals surface area contributed by atoms with E-state index in [1.165, 1.54) is 18.2 Å². The number of aryl methyl sites for hydroxylation is 1.